The predicted molar refractivity (Wildman–Crippen MR) is 138 cm³/mol. The summed E-state index contributed by atoms with van der Waals surface area (Å²) in [6.07, 6.45) is 0. The molecule has 2 amide bonds. The van der Waals surface area contributed by atoms with Crippen molar-refractivity contribution < 1.29 is 48.8 Å². The number of hydrogen-bond donors (Lipinski definition) is 5. The molecule has 0 fully saturated rings. The molecular formula is C20H40CaN5NaO10. The van der Waals surface area contributed by atoms with Crippen molar-refractivity contribution in [1.82, 2.24) is 25.3 Å². The fraction of sp³-hybridized carbons (Fsp3) is 0.750. The molecule has 0 atom stereocenters. The third kappa shape index (κ3) is 25.4. The molecule has 5 N–H and O–H groups in total. The Kier molecular flexibility index (Phi) is 28.4. The first-order chi connectivity index (χ1) is 16.6. The van der Waals surface area contributed by atoms with E-state index in [-0.39, 0.29) is 126 Å². The predicted octanol–water partition coefficient (Wildman–Crippen LogP) is -4.89. The summed E-state index contributed by atoms with van der Waals surface area (Å²) in [6.45, 7) is -0.159. The van der Waals surface area contributed by atoms with Crippen molar-refractivity contribution in [1.29, 1.82) is 0 Å². The zero-order valence-corrected chi connectivity index (χ0v) is 20.2. The van der Waals surface area contributed by atoms with E-state index in [0.29, 0.717) is 13.2 Å². The van der Waals surface area contributed by atoms with Gasteiger partial charge in [-0.1, -0.05) is 0 Å². The van der Waals surface area contributed by atoms with Gasteiger partial charge in [-0.05, 0) is 0 Å². The summed E-state index contributed by atoms with van der Waals surface area (Å²) in [5, 5.41) is 32.7. The van der Waals surface area contributed by atoms with Crippen LogP contribution in [0.2, 0.25) is 0 Å². The second-order valence-corrected chi connectivity index (χ2v) is 7.56. The SMILES string of the molecule is COCCNC(=O)CN(CCN(CCN(CC(=O)O)CC(=O)NCCOC)CC(=O)O)CC(=O)O.[CaH2].[NaH]. The molecule has 0 aliphatic carbocycles. The molecule has 0 saturated heterocycles. The van der Waals surface area contributed by atoms with Crippen LogP contribution in [0.25, 0.3) is 0 Å². The second-order valence-electron chi connectivity index (χ2n) is 7.56. The van der Waals surface area contributed by atoms with Gasteiger partial charge in [0.05, 0.1) is 45.9 Å². The van der Waals surface area contributed by atoms with E-state index in [0.717, 1.165) is 0 Å². The van der Waals surface area contributed by atoms with Gasteiger partial charge in [0.1, 0.15) is 0 Å². The Morgan fingerprint density at radius 2 is 0.892 bits per heavy atom. The van der Waals surface area contributed by atoms with Gasteiger partial charge in [0.25, 0.3) is 0 Å². The molecule has 17 heteroatoms. The van der Waals surface area contributed by atoms with Crippen molar-refractivity contribution in [3.05, 3.63) is 0 Å². The molecule has 0 rings (SSSR count). The topological polar surface area (TPSA) is 198 Å². The van der Waals surface area contributed by atoms with Crippen LogP contribution in [0.15, 0.2) is 0 Å². The Balaban J connectivity index is -0.00000578. The van der Waals surface area contributed by atoms with Crippen molar-refractivity contribution >= 4 is 97.0 Å². The third-order valence-electron chi connectivity index (χ3n) is 4.53. The van der Waals surface area contributed by atoms with Crippen LogP contribution in [0.4, 0.5) is 0 Å². The Morgan fingerprint density at radius 1 is 0.595 bits per heavy atom. The summed E-state index contributed by atoms with van der Waals surface area (Å²) in [4.78, 5) is 61.9. The van der Waals surface area contributed by atoms with Gasteiger partial charge in [0.2, 0.25) is 11.8 Å². The van der Waals surface area contributed by atoms with Crippen LogP contribution in [-0.4, -0.2) is 226 Å². The number of carbonyl (C=O) groups is 5. The molecule has 0 aromatic heterocycles. The van der Waals surface area contributed by atoms with Crippen LogP contribution in [0.3, 0.4) is 0 Å². The van der Waals surface area contributed by atoms with Crippen molar-refractivity contribution in [2.75, 3.05) is 99.4 Å². The van der Waals surface area contributed by atoms with Crippen LogP contribution >= 0.6 is 0 Å². The Labute approximate surface area is 268 Å². The minimum absolute atomic E-state index is 0. The molecule has 0 aliphatic rings. The van der Waals surface area contributed by atoms with E-state index >= 15 is 0 Å². The zero-order chi connectivity index (χ0) is 26.6. The summed E-state index contributed by atoms with van der Waals surface area (Å²) < 4.78 is 9.68. The molecule has 0 radical (unpaired) electrons. The molecule has 15 nitrogen and oxygen atoms in total. The van der Waals surface area contributed by atoms with E-state index in [2.05, 4.69) is 10.6 Å². The molecule has 0 spiro atoms. The van der Waals surface area contributed by atoms with Gasteiger partial charge in [-0.25, -0.2) is 0 Å². The molecule has 208 valence electrons. The normalized spacial score (nSPS) is 10.5. The van der Waals surface area contributed by atoms with Gasteiger partial charge in [-0.15, -0.1) is 0 Å². The fourth-order valence-electron chi connectivity index (χ4n) is 2.94. The molecule has 0 aromatic rings. The molecule has 0 heterocycles. The molecule has 0 aliphatic heterocycles. The van der Waals surface area contributed by atoms with Crippen molar-refractivity contribution in [3.63, 3.8) is 0 Å². The summed E-state index contributed by atoms with van der Waals surface area (Å²) in [5.74, 6) is -4.23. The number of rotatable bonds is 22. The number of carboxylic acid groups (broad SMARTS) is 3. The van der Waals surface area contributed by atoms with Crippen molar-refractivity contribution in [2.24, 2.45) is 0 Å². The number of carboxylic acids is 3. The summed E-state index contributed by atoms with van der Waals surface area (Å²) >= 11 is 0. The van der Waals surface area contributed by atoms with E-state index in [4.69, 9.17) is 19.7 Å². The van der Waals surface area contributed by atoms with Gasteiger partial charge >= 0.3 is 85.2 Å². The number of nitrogens with zero attached hydrogens (tertiary/aromatic N) is 3. The van der Waals surface area contributed by atoms with Gasteiger partial charge < -0.3 is 35.4 Å². The Morgan fingerprint density at radius 3 is 1.19 bits per heavy atom. The number of methoxy groups -OCH3 is 2. The molecule has 37 heavy (non-hydrogen) atoms. The van der Waals surface area contributed by atoms with Gasteiger partial charge in [-0.2, -0.15) is 0 Å². The second kappa shape index (κ2) is 25.7. The maximum absolute atomic E-state index is 12.0. The Hall–Kier alpha value is -0.590. The van der Waals surface area contributed by atoms with Crippen LogP contribution in [-0.2, 0) is 33.4 Å². The summed E-state index contributed by atoms with van der Waals surface area (Å²) in [6, 6.07) is 0. The maximum atomic E-state index is 12.0. The first-order valence-corrected chi connectivity index (χ1v) is 10.9. The standard InChI is InChI=1S/C20H37N5O10.Ca.Na.3H/c1-34-9-3-21-16(26)11-24(14-19(30)31)7-5-23(13-18(28)29)6-8-25(15-20(32)33)12-17(27)22-4-10-35-2;;;;;/h3-15H2,1-2H3,(H,21,26)(H,22,27)(H,28,29)(H,30,31)(H,32,33);;;;;. The first kappa shape index (κ1) is 40.9. The average Bonchev–Trinajstić information content (AvgIpc) is 2.74. The zero-order valence-electron chi connectivity index (χ0n) is 20.2. The van der Waals surface area contributed by atoms with Gasteiger partial charge in [0, 0.05) is 53.5 Å². The van der Waals surface area contributed by atoms with Gasteiger partial charge in [-0.3, -0.25) is 38.7 Å². The first-order valence-electron chi connectivity index (χ1n) is 10.9. The van der Waals surface area contributed by atoms with E-state index in [9.17, 15) is 29.1 Å². The summed E-state index contributed by atoms with van der Waals surface area (Å²) in [5.41, 5.74) is 0. The van der Waals surface area contributed by atoms with Crippen molar-refractivity contribution in [3.8, 4) is 0 Å². The molecule has 0 saturated carbocycles. The van der Waals surface area contributed by atoms with Crippen LogP contribution < -0.4 is 10.6 Å². The van der Waals surface area contributed by atoms with Crippen LogP contribution in [0.5, 0.6) is 0 Å². The molecule has 0 bridgehead atoms. The van der Waals surface area contributed by atoms with E-state index in [1.807, 2.05) is 0 Å². The number of ether oxygens (including phenoxy) is 2. The monoisotopic (exact) mass is 573 g/mol. The van der Waals surface area contributed by atoms with E-state index in [1.54, 1.807) is 0 Å². The molecule has 0 unspecified atom stereocenters. The number of carbonyl (C=O) groups excluding carboxylic acids is 2. The van der Waals surface area contributed by atoms with Gasteiger partial charge in [0.15, 0.2) is 0 Å². The van der Waals surface area contributed by atoms with E-state index < -0.39 is 42.8 Å². The van der Waals surface area contributed by atoms with Crippen molar-refractivity contribution in [2.45, 2.75) is 0 Å². The average molecular weight is 574 g/mol. The number of amides is 2. The minimum atomic E-state index is -1.15. The summed E-state index contributed by atoms with van der Waals surface area (Å²) in [7, 11) is 2.96. The van der Waals surface area contributed by atoms with Crippen LogP contribution in [0.1, 0.15) is 0 Å². The van der Waals surface area contributed by atoms with Crippen LogP contribution in [0, 0.1) is 0 Å². The number of hydrogen-bond acceptors (Lipinski definition) is 10. The Bertz CT molecular complexity index is 644. The molecule has 0 aromatic carbocycles. The third-order valence-corrected chi connectivity index (χ3v) is 4.53. The van der Waals surface area contributed by atoms with E-state index in [1.165, 1.54) is 28.9 Å². The molecular weight excluding hydrogens is 533 g/mol. The quantitative estimate of drug-likeness (QED) is 0.0611. The number of nitrogens with one attached hydrogen (secondary N) is 2. The number of aliphatic carboxylic acids is 3. The fourth-order valence-corrected chi connectivity index (χ4v) is 2.94.